The molecule has 1 fully saturated rings. The van der Waals surface area contributed by atoms with Gasteiger partial charge in [-0.1, -0.05) is 37.6 Å². The summed E-state index contributed by atoms with van der Waals surface area (Å²) in [5, 5.41) is 1.50. The lowest BCUT2D eigenvalue weighted by molar-refractivity contribution is -0.0500. The Balaban J connectivity index is 1.80. The second-order valence-electron chi connectivity index (χ2n) is 6.88. The van der Waals surface area contributed by atoms with Crippen molar-refractivity contribution in [2.45, 2.75) is 50.5 Å². The molecule has 1 aliphatic rings. The second-order valence-corrected chi connectivity index (χ2v) is 8.42. The Morgan fingerprint density at radius 2 is 1.62 bits per heavy atom. The Morgan fingerprint density at radius 3 is 2.23 bits per heavy atom. The fourth-order valence-electron chi connectivity index (χ4n) is 3.63. The molecule has 0 atom stereocenters. The van der Waals surface area contributed by atoms with E-state index in [0.29, 0.717) is 11.3 Å². The number of halogens is 3. The molecular weight excluding hydrogens is 365 g/mol. The highest BCUT2D eigenvalue weighted by Crippen LogP contribution is 2.38. The zero-order valence-electron chi connectivity index (χ0n) is 14.4. The van der Waals surface area contributed by atoms with Crippen LogP contribution in [0.1, 0.15) is 50.5 Å². The van der Waals surface area contributed by atoms with Gasteiger partial charge in [-0.15, -0.1) is 0 Å². The van der Waals surface area contributed by atoms with Crippen molar-refractivity contribution < 1.29 is 25.8 Å². The third kappa shape index (κ3) is 3.98. The van der Waals surface area contributed by atoms with E-state index >= 15 is 0 Å². The van der Waals surface area contributed by atoms with Crippen molar-refractivity contribution >= 4 is 20.9 Å². The molecule has 0 unspecified atom stereocenters. The average Bonchev–Trinajstić information content (AvgIpc) is 2.60. The van der Waals surface area contributed by atoms with Gasteiger partial charge in [-0.25, -0.2) is 0 Å². The summed E-state index contributed by atoms with van der Waals surface area (Å²) in [6.07, 6.45) is 5.96. The normalized spacial score (nSPS) is 21.7. The van der Waals surface area contributed by atoms with Gasteiger partial charge in [-0.05, 0) is 66.0 Å². The Hall–Kier alpha value is -1.76. The topological polar surface area (TPSA) is 43.4 Å². The molecule has 142 valence electrons. The summed E-state index contributed by atoms with van der Waals surface area (Å²) in [5.74, 6) is 0.969. The van der Waals surface area contributed by atoms with Crippen LogP contribution in [0.3, 0.4) is 0 Å². The highest BCUT2D eigenvalue weighted by molar-refractivity contribution is 7.88. The van der Waals surface area contributed by atoms with E-state index in [9.17, 15) is 21.6 Å². The van der Waals surface area contributed by atoms with E-state index in [-0.39, 0.29) is 5.75 Å². The van der Waals surface area contributed by atoms with Crippen LogP contribution in [-0.4, -0.2) is 13.9 Å². The van der Waals surface area contributed by atoms with Crippen LogP contribution in [0.2, 0.25) is 0 Å². The number of rotatable bonds is 4. The molecule has 0 radical (unpaired) electrons. The summed E-state index contributed by atoms with van der Waals surface area (Å²) in [4.78, 5) is 0. The first-order valence-electron chi connectivity index (χ1n) is 8.74. The van der Waals surface area contributed by atoms with Gasteiger partial charge < -0.3 is 4.18 Å². The largest absolute Gasteiger partial charge is 0.534 e. The molecule has 0 bridgehead atoms. The predicted molar refractivity (Wildman–Crippen MR) is 94.5 cm³/mol. The van der Waals surface area contributed by atoms with Crippen LogP contribution >= 0.6 is 0 Å². The van der Waals surface area contributed by atoms with E-state index in [0.717, 1.165) is 24.1 Å². The molecule has 1 saturated carbocycles. The van der Waals surface area contributed by atoms with Crippen molar-refractivity contribution in [2.75, 3.05) is 0 Å². The van der Waals surface area contributed by atoms with Crippen molar-refractivity contribution in [1.29, 1.82) is 0 Å². The monoisotopic (exact) mass is 386 g/mol. The van der Waals surface area contributed by atoms with Crippen LogP contribution in [-0.2, 0) is 10.1 Å². The Kier molecular flexibility index (Phi) is 5.19. The van der Waals surface area contributed by atoms with Gasteiger partial charge in [-0.3, -0.25) is 0 Å². The molecular formula is C19H21F3O3S. The summed E-state index contributed by atoms with van der Waals surface area (Å²) in [5.41, 5.74) is -4.22. The fraction of sp³-hybridized carbons (Fsp3) is 0.474. The highest BCUT2D eigenvalue weighted by atomic mass is 32.2. The lowest BCUT2D eigenvalue weighted by Gasteiger charge is -2.28. The molecule has 3 rings (SSSR count). The molecule has 0 aliphatic heterocycles. The minimum absolute atomic E-state index is 0.342. The zero-order chi connectivity index (χ0) is 18.9. The molecule has 3 nitrogen and oxygen atoms in total. The second kappa shape index (κ2) is 7.10. The van der Waals surface area contributed by atoms with Crippen LogP contribution in [0.15, 0.2) is 36.4 Å². The van der Waals surface area contributed by atoms with Gasteiger partial charge in [0.15, 0.2) is 0 Å². The highest BCUT2D eigenvalue weighted by Gasteiger charge is 2.48. The van der Waals surface area contributed by atoms with Crippen LogP contribution in [0.25, 0.3) is 10.8 Å². The maximum absolute atomic E-state index is 12.4. The molecule has 7 heteroatoms. The third-order valence-corrected chi connectivity index (χ3v) is 6.20. The molecule has 0 spiro atoms. The smallest absolute Gasteiger partial charge is 0.376 e. The summed E-state index contributed by atoms with van der Waals surface area (Å²) in [6.45, 7) is 2.22. The van der Waals surface area contributed by atoms with Crippen LogP contribution < -0.4 is 4.18 Å². The Morgan fingerprint density at radius 1 is 1.00 bits per heavy atom. The Bertz CT molecular complexity index is 883. The minimum Gasteiger partial charge on any atom is -0.376 e. The predicted octanol–water partition coefficient (Wildman–Crippen LogP) is 5.75. The molecule has 0 amide bonds. The van der Waals surface area contributed by atoms with E-state index in [2.05, 4.69) is 11.1 Å². The lowest BCUT2D eigenvalue weighted by Crippen LogP contribution is -2.28. The first-order valence-corrected chi connectivity index (χ1v) is 10.1. The molecule has 26 heavy (non-hydrogen) atoms. The van der Waals surface area contributed by atoms with Crippen molar-refractivity contribution in [3.8, 4) is 5.75 Å². The number of hydrogen-bond acceptors (Lipinski definition) is 3. The molecule has 0 heterocycles. The van der Waals surface area contributed by atoms with Gasteiger partial charge in [0.05, 0.1) is 0 Å². The van der Waals surface area contributed by atoms with Gasteiger partial charge in [0.1, 0.15) is 5.75 Å². The van der Waals surface area contributed by atoms with Crippen LogP contribution in [0.5, 0.6) is 5.75 Å². The SMILES string of the molecule is CCC1CCC(c2ccc3cc(OS(=O)(=O)C(F)(F)F)ccc3c2)CC1. The van der Waals surface area contributed by atoms with Gasteiger partial charge in [-0.2, -0.15) is 21.6 Å². The summed E-state index contributed by atoms with van der Waals surface area (Å²) in [6, 6.07) is 9.98. The summed E-state index contributed by atoms with van der Waals surface area (Å²) in [7, 11) is -5.65. The summed E-state index contributed by atoms with van der Waals surface area (Å²) >= 11 is 0. The standard InChI is InChI=1S/C19H21F3O3S/c1-2-13-3-5-14(6-4-13)15-7-8-17-12-18(10-9-16(17)11-15)25-26(23,24)19(20,21)22/h7-14H,2-6H2,1H3. The number of fused-ring (bicyclic) bond motifs is 1. The first-order chi connectivity index (χ1) is 12.2. The minimum atomic E-state index is -5.65. The molecule has 2 aromatic rings. The zero-order valence-corrected chi connectivity index (χ0v) is 15.2. The van der Waals surface area contributed by atoms with Gasteiger partial charge in [0.25, 0.3) is 0 Å². The van der Waals surface area contributed by atoms with Gasteiger partial charge >= 0.3 is 15.6 Å². The number of benzene rings is 2. The van der Waals surface area contributed by atoms with Crippen molar-refractivity contribution in [2.24, 2.45) is 5.92 Å². The van der Waals surface area contributed by atoms with E-state index < -0.39 is 15.6 Å². The molecule has 0 aromatic heterocycles. The number of hydrogen-bond donors (Lipinski definition) is 0. The van der Waals surface area contributed by atoms with Gasteiger partial charge in [0, 0.05) is 0 Å². The molecule has 0 N–H and O–H groups in total. The van der Waals surface area contributed by atoms with E-state index in [4.69, 9.17) is 0 Å². The maximum atomic E-state index is 12.4. The molecule has 1 aliphatic carbocycles. The third-order valence-electron chi connectivity index (χ3n) is 5.22. The quantitative estimate of drug-likeness (QED) is 0.496. The van der Waals surface area contributed by atoms with E-state index in [1.54, 1.807) is 6.07 Å². The maximum Gasteiger partial charge on any atom is 0.534 e. The Labute approximate surface area is 151 Å². The first kappa shape index (κ1) is 19.0. The fourth-order valence-corrected chi connectivity index (χ4v) is 4.08. The van der Waals surface area contributed by atoms with Gasteiger partial charge in [0.2, 0.25) is 0 Å². The van der Waals surface area contributed by atoms with Crippen molar-refractivity contribution in [1.82, 2.24) is 0 Å². The van der Waals surface area contributed by atoms with Crippen LogP contribution in [0.4, 0.5) is 13.2 Å². The van der Waals surface area contributed by atoms with E-state index in [1.807, 2.05) is 18.2 Å². The van der Waals surface area contributed by atoms with Crippen molar-refractivity contribution in [3.63, 3.8) is 0 Å². The van der Waals surface area contributed by atoms with Crippen molar-refractivity contribution in [3.05, 3.63) is 42.0 Å². The van der Waals surface area contributed by atoms with E-state index in [1.165, 1.54) is 37.0 Å². The lowest BCUT2D eigenvalue weighted by atomic mass is 9.77. The average molecular weight is 386 g/mol. The summed E-state index contributed by atoms with van der Waals surface area (Å²) < 4.78 is 63.7. The number of alkyl halides is 3. The molecule has 0 saturated heterocycles. The molecule has 2 aromatic carbocycles. The van der Waals surface area contributed by atoms with Crippen LogP contribution in [0, 0.1) is 5.92 Å².